The Balaban J connectivity index is 1.66. The maximum atomic E-state index is 13.4. The molecule has 0 spiro atoms. The molecule has 1 aromatic carbocycles. The van der Waals surface area contributed by atoms with Crippen molar-refractivity contribution in [3.63, 3.8) is 0 Å². The zero-order chi connectivity index (χ0) is 16.7. The molecule has 0 saturated heterocycles. The molecular formula is C16H11F2N5O. The Labute approximate surface area is 134 Å². The highest BCUT2D eigenvalue weighted by atomic mass is 19.2. The lowest BCUT2D eigenvalue weighted by Crippen LogP contribution is -2.38. The average Bonchev–Trinajstić information content (AvgIpc) is 3.07. The third-order valence-corrected chi connectivity index (χ3v) is 3.75. The SMILES string of the molecule is O=C1NC(c2cc(-c3cccnc3)n[nH]2)Nc2cc(F)c(F)cc21. The fourth-order valence-electron chi connectivity index (χ4n) is 2.56. The van der Waals surface area contributed by atoms with Crippen molar-refractivity contribution in [2.24, 2.45) is 0 Å². The highest BCUT2D eigenvalue weighted by Gasteiger charge is 2.27. The summed E-state index contributed by atoms with van der Waals surface area (Å²) >= 11 is 0. The molecule has 0 bridgehead atoms. The third kappa shape index (κ3) is 2.37. The van der Waals surface area contributed by atoms with Gasteiger partial charge in [-0.3, -0.25) is 14.9 Å². The first-order valence-corrected chi connectivity index (χ1v) is 7.14. The summed E-state index contributed by atoms with van der Waals surface area (Å²) < 4.78 is 26.7. The zero-order valence-electron chi connectivity index (χ0n) is 12.2. The van der Waals surface area contributed by atoms with E-state index in [1.807, 2.05) is 6.07 Å². The topological polar surface area (TPSA) is 82.7 Å². The van der Waals surface area contributed by atoms with Crippen LogP contribution >= 0.6 is 0 Å². The summed E-state index contributed by atoms with van der Waals surface area (Å²) in [6, 6.07) is 7.23. The summed E-state index contributed by atoms with van der Waals surface area (Å²) in [5.41, 5.74) is 2.33. The lowest BCUT2D eigenvalue weighted by Gasteiger charge is -2.26. The van der Waals surface area contributed by atoms with E-state index in [4.69, 9.17) is 0 Å². The molecule has 3 N–H and O–H groups in total. The smallest absolute Gasteiger partial charge is 0.255 e. The highest BCUT2D eigenvalue weighted by Crippen LogP contribution is 2.29. The Kier molecular flexibility index (Phi) is 3.23. The molecule has 4 rings (SSSR count). The number of hydrogen-bond acceptors (Lipinski definition) is 4. The predicted octanol–water partition coefficient (Wildman–Crippen LogP) is 2.60. The number of carbonyl (C=O) groups excluding carboxylic acids is 1. The molecule has 0 aliphatic carbocycles. The van der Waals surface area contributed by atoms with Crippen LogP contribution in [0, 0.1) is 11.6 Å². The number of aromatic amines is 1. The van der Waals surface area contributed by atoms with E-state index in [1.54, 1.807) is 24.5 Å². The van der Waals surface area contributed by atoms with Crippen molar-refractivity contribution in [1.29, 1.82) is 0 Å². The molecule has 24 heavy (non-hydrogen) atoms. The number of nitrogens with one attached hydrogen (secondary N) is 3. The van der Waals surface area contributed by atoms with E-state index in [-0.39, 0.29) is 11.3 Å². The molecule has 3 heterocycles. The second-order valence-corrected chi connectivity index (χ2v) is 5.31. The first-order chi connectivity index (χ1) is 11.6. The van der Waals surface area contributed by atoms with Crippen molar-refractivity contribution in [3.8, 4) is 11.3 Å². The first kappa shape index (κ1) is 14.3. The van der Waals surface area contributed by atoms with E-state index in [1.165, 1.54) is 0 Å². The first-order valence-electron chi connectivity index (χ1n) is 7.14. The van der Waals surface area contributed by atoms with Crippen LogP contribution in [0.1, 0.15) is 22.2 Å². The van der Waals surface area contributed by atoms with Crippen molar-refractivity contribution in [2.45, 2.75) is 6.17 Å². The minimum atomic E-state index is -1.07. The molecule has 1 unspecified atom stereocenters. The maximum Gasteiger partial charge on any atom is 0.255 e. The maximum absolute atomic E-state index is 13.4. The Bertz CT molecular complexity index is 925. The molecule has 0 radical (unpaired) electrons. The number of rotatable bonds is 2. The molecule has 0 fully saturated rings. The minimum absolute atomic E-state index is 0.0529. The molecule has 1 aliphatic heterocycles. The monoisotopic (exact) mass is 327 g/mol. The molecule has 3 aromatic rings. The average molecular weight is 327 g/mol. The Morgan fingerprint density at radius 2 is 1.92 bits per heavy atom. The number of aromatic nitrogens is 3. The zero-order valence-corrected chi connectivity index (χ0v) is 12.2. The van der Waals surface area contributed by atoms with Gasteiger partial charge in [0.15, 0.2) is 11.6 Å². The van der Waals surface area contributed by atoms with Crippen LogP contribution in [0.2, 0.25) is 0 Å². The lowest BCUT2D eigenvalue weighted by atomic mass is 10.1. The molecule has 8 heteroatoms. The van der Waals surface area contributed by atoms with Crippen LogP contribution in [0.4, 0.5) is 14.5 Å². The van der Waals surface area contributed by atoms with Gasteiger partial charge in [-0.15, -0.1) is 0 Å². The quantitative estimate of drug-likeness (QED) is 0.676. The molecule has 2 aromatic heterocycles. The van der Waals surface area contributed by atoms with Gasteiger partial charge in [-0.05, 0) is 24.3 Å². The number of fused-ring (bicyclic) bond motifs is 1. The molecule has 0 saturated carbocycles. The van der Waals surface area contributed by atoms with Crippen molar-refractivity contribution in [1.82, 2.24) is 20.5 Å². The van der Waals surface area contributed by atoms with Gasteiger partial charge < -0.3 is 10.6 Å². The second-order valence-electron chi connectivity index (χ2n) is 5.31. The summed E-state index contributed by atoms with van der Waals surface area (Å²) in [4.78, 5) is 16.2. The number of nitrogens with zero attached hydrogens (tertiary/aromatic N) is 2. The highest BCUT2D eigenvalue weighted by molar-refractivity contribution is 6.01. The summed E-state index contributed by atoms with van der Waals surface area (Å²) in [6.07, 6.45) is 2.69. The van der Waals surface area contributed by atoms with Crippen LogP contribution in [0.25, 0.3) is 11.3 Å². The number of benzene rings is 1. The van der Waals surface area contributed by atoms with Gasteiger partial charge in [-0.1, -0.05) is 0 Å². The second kappa shape index (κ2) is 5.41. The number of anilines is 1. The molecule has 1 aliphatic rings. The van der Waals surface area contributed by atoms with Gasteiger partial charge in [0.05, 0.1) is 22.6 Å². The summed E-state index contributed by atoms with van der Waals surface area (Å²) in [7, 11) is 0. The van der Waals surface area contributed by atoms with Gasteiger partial charge in [0.2, 0.25) is 0 Å². The summed E-state index contributed by atoms with van der Waals surface area (Å²) in [5.74, 6) is -2.58. The molecular weight excluding hydrogens is 316 g/mol. The summed E-state index contributed by atoms with van der Waals surface area (Å²) in [6.45, 7) is 0. The van der Waals surface area contributed by atoms with E-state index in [0.29, 0.717) is 11.4 Å². The van der Waals surface area contributed by atoms with E-state index in [0.717, 1.165) is 17.7 Å². The molecule has 1 amide bonds. The van der Waals surface area contributed by atoms with E-state index in [2.05, 4.69) is 25.8 Å². The Morgan fingerprint density at radius 3 is 2.71 bits per heavy atom. The van der Waals surface area contributed by atoms with Crippen molar-refractivity contribution < 1.29 is 13.6 Å². The molecule has 120 valence electrons. The normalized spacial score (nSPS) is 16.2. The van der Waals surface area contributed by atoms with Crippen LogP contribution in [-0.2, 0) is 0 Å². The summed E-state index contributed by atoms with van der Waals surface area (Å²) in [5, 5.41) is 12.6. The van der Waals surface area contributed by atoms with E-state index in [9.17, 15) is 13.6 Å². The number of amides is 1. The minimum Gasteiger partial charge on any atom is -0.360 e. The number of hydrogen-bond donors (Lipinski definition) is 3. The van der Waals surface area contributed by atoms with Gasteiger partial charge >= 0.3 is 0 Å². The van der Waals surface area contributed by atoms with Crippen LogP contribution < -0.4 is 10.6 Å². The Morgan fingerprint density at radius 1 is 1.08 bits per heavy atom. The van der Waals surface area contributed by atoms with Gasteiger partial charge in [0.25, 0.3) is 5.91 Å². The van der Waals surface area contributed by atoms with E-state index >= 15 is 0 Å². The van der Waals surface area contributed by atoms with Crippen molar-refractivity contribution in [3.05, 3.63) is 65.6 Å². The van der Waals surface area contributed by atoms with Crippen molar-refractivity contribution >= 4 is 11.6 Å². The third-order valence-electron chi connectivity index (χ3n) is 3.75. The van der Waals surface area contributed by atoms with Crippen molar-refractivity contribution in [2.75, 3.05) is 5.32 Å². The number of carbonyl (C=O) groups is 1. The lowest BCUT2D eigenvalue weighted by molar-refractivity contribution is 0.0934. The van der Waals surface area contributed by atoms with E-state index < -0.39 is 23.7 Å². The van der Waals surface area contributed by atoms with Crippen LogP contribution in [0.5, 0.6) is 0 Å². The van der Waals surface area contributed by atoms with Crippen LogP contribution in [0.3, 0.4) is 0 Å². The standard InChI is InChI=1S/C16H11F2N5O/c17-10-4-9-13(5-11(10)18)20-15(21-16(9)24)14-6-12(22-23-14)8-2-1-3-19-7-8/h1-7,15,20H,(H,21,24)(H,22,23). The number of halogens is 2. The fourth-order valence-corrected chi connectivity index (χ4v) is 2.56. The van der Waals surface area contributed by atoms with Gasteiger partial charge in [0.1, 0.15) is 6.17 Å². The molecule has 6 nitrogen and oxygen atoms in total. The number of pyridine rings is 1. The van der Waals surface area contributed by atoms with Crippen LogP contribution in [-0.4, -0.2) is 21.1 Å². The Hall–Kier alpha value is -3.29. The number of H-pyrrole nitrogens is 1. The van der Waals surface area contributed by atoms with Gasteiger partial charge in [-0.2, -0.15) is 5.10 Å². The predicted molar refractivity (Wildman–Crippen MR) is 82.0 cm³/mol. The van der Waals surface area contributed by atoms with Gasteiger partial charge in [-0.25, -0.2) is 8.78 Å². The molecule has 1 atom stereocenters. The fraction of sp³-hybridized carbons (Fsp3) is 0.0625. The van der Waals surface area contributed by atoms with Gasteiger partial charge in [0, 0.05) is 24.0 Å². The largest absolute Gasteiger partial charge is 0.360 e. The van der Waals surface area contributed by atoms with Crippen LogP contribution in [0.15, 0.2) is 42.7 Å².